The Balaban J connectivity index is 1.52. The third-order valence-corrected chi connectivity index (χ3v) is 3.85. The Morgan fingerprint density at radius 3 is 2.69 bits per heavy atom. The maximum atomic E-state index is 13.5. The van der Waals surface area contributed by atoms with E-state index in [1.54, 1.807) is 6.20 Å². The van der Waals surface area contributed by atoms with Gasteiger partial charge < -0.3 is 9.15 Å². The van der Waals surface area contributed by atoms with E-state index in [0.29, 0.717) is 11.7 Å². The number of aromatic nitrogens is 1. The Morgan fingerprint density at radius 2 is 1.92 bits per heavy atom. The van der Waals surface area contributed by atoms with Crippen molar-refractivity contribution in [2.24, 2.45) is 0 Å². The van der Waals surface area contributed by atoms with Gasteiger partial charge in [-0.15, -0.1) is 0 Å². The van der Waals surface area contributed by atoms with Gasteiger partial charge in [0.15, 0.2) is 23.3 Å². The van der Waals surface area contributed by atoms with Crippen molar-refractivity contribution in [1.29, 1.82) is 0 Å². The molecule has 0 aliphatic rings. The van der Waals surface area contributed by atoms with Crippen LogP contribution in [0.4, 0.5) is 8.78 Å². The highest BCUT2D eigenvalue weighted by Gasteiger charge is 2.12. The summed E-state index contributed by atoms with van der Waals surface area (Å²) in [4.78, 5) is 15.9. The van der Waals surface area contributed by atoms with Gasteiger partial charge in [-0.3, -0.25) is 4.79 Å². The number of hydrogen-bond acceptors (Lipinski definition) is 4. The van der Waals surface area contributed by atoms with Gasteiger partial charge in [-0.1, -0.05) is 42.0 Å². The number of hydrogen-bond donors (Lipinski definition) is 0. The molecule has 3 rings (SSSR count). The fraction of sp³-hybridized carbons (Fsp3) is 0.200. The number of aryl methyl sites for hydroxylation is 2. The molecular formula is C20H17F2NO3. The Labute approximate surface area is 149 Å². The zero-order valence-corrected chi connectivity index (χ0v) is 14.2. The molecule has 4 nitrogen and oxygen atoms in total. The van der Waals surface area contributed by atoms with E-state index in [9.17, 15) is 13.6 Å². The van der Waals surface area contributed by atoms with Gasteiger partial charge in [0.25, 0.3) is 0 Å². The van der Waals surface area contributed by atoms with Gasteiger partial charge >= 0.3 is 5.97 Å². The van der Waals surface area contributed by atoms with Crippen molar-refractivity contribution in [3.05, 3.63) is 77.3 Å². The van der Waals surface area contributed by atoms with Gasteiger partial charge in [0.2, 0.25) is 0 Å². The highest BCUT2D eigenvalue weighted by molar-refractivity contribution is 5.69. The van der Waals surface area contributed by atoms with E-state index in [4.69, 9.17) is 9.15 Å². The molecule has 0 saturated heterocycles. The zero-order valence-electron chi connectivity index (χ0n) is 14.2. The Morgan fingerprint density at radius 1 is 1.15 bits per heavy atom. The minimum Gasteiger partial charge on any atom is -0.461 e. The summed E-state index contributed by atoms with van der Waals surface area (Å²) in [5, 5.41) is 0. The van der Waals surface area contributed by atoms with E-state index in [1.807, 2.05) is 31.2 Å². The molecule has 0 aliphatic heterocycles. The summed E-state index contributed by atoms with van der Waals surface area (Å²) >= 11 is 0. The molecule has 0 amide bonds. The number of ether oxygens (including phenoxy) is 1. The number of nitrogens with zero attached hydrogens (tertiary/aromatic N) is 1. The maximum absolute atomic E-state index is 13.5. The molecule has 0 N–H and O–H groups in total. The monoisotopic (exact) mass is 357 g/mol. The number of rotatable bonds is 6. The van der Waals surface area contributed by atoms with Crippen LogP contribution in [0.3, 0.4) is 0 Å². The topological polar surface area (TPSA) is 52.3 Å². The highest BCUT2D eigenvalue weighted by atomic mass is 19.2. The van der Waals surface area contributed by atoms with E-state index in [-0.39, 0.29) is 25.0 Å². The highest BCUT2D eigenvalue weighted by Crippen LogP contribution is 2.21. The van der Waals surface area contributed by atoms with Crippen LogP contribution in [0.5, 0.6) is 0 Å². The number of halogens is 2. The van der Waals surface area contributed by atoms with Gasteiger partial charge in [-0.25, -0.2) is 13.8 Å². The predicted molar refractivity (Wildman–Crippen MR) is 91.2 cm³/mol. The zero-order chi connectivity index (χ0) is 18.5. The van der Waals surface area contributed by atoms with Crippen LogP contribution in [0, 0.1) is 18.6 Å². The summed E-state index contributed by atoms with van der Waals surface area (Å²) in [6, 6.07) is 11.5. The molecule has 3 aromatic rings. The van der Waals surface area contributed by atoms with Crippen LogP contribution in [-0.4, -0.2) is 11.0 Å². The van der Waals surface area contributed by atoms with Crippen LogP contribution in [-0.2, 0) is 22.6 Å². The summed E-state index contributed by atoms with van der Waals surface area (Å²) in [5.74, 6) is -1.48. The summed E-state index contributed by atoms with van der Waals surface area (Å²) in [5.41, 5.74) is 2.04. The Hall–Kier alpha value is -3.02. The normalized spacial score (nSPS) is 10.7. The van der Waals surface area contributed by atoms with Crippen molar-refractivity contribution < 1.29 is 22.7 Å². The van der Waals surface area contributed by atoms with Crippen molar-refractivity contribution in [3.8, 4) is 11.3 Å². The Bertz CT molecular complexity index is 904. The van der Waals surface area contributed by atoms with Crippen LogP contribution in [0.15, 0.2) is 53.1 Å². The molecule has 0 atom stereocenters. The second-order valence-corrected chi connectivity index (χ2v) is 5.86. The Kier molecular flexibility index (Phi) is 5.41. The lowest BCUT2D eigenvalue weighted by Crippen LogP contribution is -2.07. The molecule has 0 unspecified atom stereocenters. The van der Waals surface area contributed by atoms with E-state index < -0.39 is 17.6 Å². The minimum atomic E-state index is -1.00. The molecule has 2 aromatic carbocycles. The summed E-state index contributed by atoms with van der Waals surface area (Å²) in [6.07, 6.45) is 1.90. The third-order valence-electron chi connectivity index (χ3n) is 3.85. The molecule has 0 saturated carbocycles. The van der Waals surface area contributed by atoms with E-state index in [0.717, 1.165) is 17.2 Å². The van der Waals surface area contributed by atoms with Crippen LogP contribution < -0.4 is 0 Å². The van der Waals surface area contributed by atoms with E-state index in [2.05, 4.69) is 4.98 Å². The van der Waals surface area contributed by atoms with Gasteiger partial charge in [-0.05, 0) is 13.0 Å². The smallest absolute Gasteiger partial charge is 0.306 e. The molecular weight excluding hydrogens is 340 g/mol. The molecule has 0 fully saturated rings. The summed E-state index contributed by atoms with van der Waals surface area (Å²) in [6.45, 7) is 1.68. The average molecular weight is 357 g/mol. The quantitative estimate of drug-likeness (QED) is 0.605. The summed E-state index contributed by atoms with van der Waals surface area (Å²) in [7, 11) is 0. The maximum Gasteiger partial charge on any atom is 0.306 e. The first-order valence-corrected chi connectivity index (χ1v) is 8.13. The fourth-order valence-corrected chi connectivity index (χ4v) is 2.38. The number of carbonyl (C=O) groups excluding carboxylic acids is 1. The van der Waals surface area contributed by atoms with Crippen LogP contribution >= 0.6 is 0 Å². The van der Waals surface area contributed by atoms with E-state index in [1.165, 1.54) is 12.1 Å². The summed E-state index contributed by atoms with van der Waals surface area (Å²) < 4.78 is 37.2. The van der Waals surface area contributed by atoms with Crippen LogP contribution in [0.2, 0.25) is 0 Å². The predicted octanol–water partition coefficient (Wildman–Crippen LogP) is 4.60. The fourth-order valence-electron chi connectivity index (χ4n) is 2.38. The van der Waals surface area contributed by atoms with Gasteiger partial charge in [-0.2, -0.15) is 0 Å². The lowest BCUT2D eigenvalue weighted by Gasteiger charge is -2.05. The van der Waals surface area contributed by atoms with Gasteiger partial charge in [0.05, 0.1) is 12.6 Å². The average Bonchev–Trinajstić information content (AvgIpc) is 3.11. The second-order valence-electron chi connectivity index (χ2n) is 5.86. The number of carbonyl (C=O) groups is 1. The number of esters is 1. The first-order chi connectivity index (χ1) is 12.5. The standard InChI is InChI=1S/C20H17F2NO3/c1-13-5-7-14(8-6-13)17-11-23-18(26-17)9-10-19(24)25-12-15-3-2-4-16(21)20(15)22/h2-8,11H,9-10,12H2,1H3. The largest absolute Gasteiger partial charge is 0.461 e. The van der Waals surface area contributed by atoms with Crippen LogP contribution in [0.1, 0.15) is 23.4 Å². The molecule has 0 spiro atoms. The number of oxazole rings is 1. The molecule has 0 radical (unpaired) electrons. The van der Waals surface area contributed by atoms with Crippen LogP contribution in [0.25, 0.3) is 11.3 Å². The van der Waals surface area contributed by atoms with E-state index >= 15 is 0 Å². The van der Waals surface area contributed by atoms with Gasteiger partial charge in [0.1, 0.15) is 6.61 Å². The SMILES string of the molecule is Cc1ccc(-c2cnc(CCC(=O)OCc3cccc(F)c3F)o2)cc1. The van der Waals surface area contributed by atoms with Crippen molar-refractivity contribution in [2.45, 2.75) is 26.4 Å². The molecule has 6 heteroatoms. The van der Waals surface area contributed by atoms with Crippen molar-refractivity contribution in [2.75, 3.05) is 0 Å². The second kappa shape index (κ2) is 7.91. The number of benzene rings is 2. The molecule has 1 heterocycles. The van der Waals surface area contributed by atoms with Crippen molar-refractivity contribution in [1.82, 2.24) is 4.98 Å². The third kappa shape index (κ3) is 4.33. The first-order valence-electron chi connectivity index (χ1n) is 8.13. The lowest BCUT2D eigenvalue weighted by molar-refractivity contribution is -0.145. The minimum absolute atomic E-state index is 0.00358. The van der Waals surface area contributed by atoms with Gasteiger partial charge in [0, 0.05) is 17.5 Å². The molecule has 134 valence electrons. The lowest BCUT2D eigenvalue weighted by atomic mass is 10.1. The molecule has 0 aliphatic carbocycles. The first kappa shape index (κ1) is 17.8. The van der Waals surface area contributed by atoms with Crippen molar-refractivity contribution in [3.63, 3.8) is 0 Å². The molecule has 0 bridgehead atoms. The van der Waals surface area contributed by atoms with Crippen molar-refractivity contribution >= 4 is 5.97 Å². The molecule has 1 aromatic heterocycles. The molecule has 26 heavy (non-hydrogen) atoms.